The van der Waals surface area contributed by atoms with Crippen LogP contribution in [-0.2, 0) is 9.53 Å². The highest BCUT2D eigenvalue weighted by atomic mass is 19.3. The number of carbonyl (C=O) groups excluding carboxylic acids is 2. The summed E-state index contributed by atoms with van der Waals surface area (Å²) < 4.78 is 39.8. The average molecular weight is 443 g/mol. The van der Waals surface area contributed by atoms with Crippen molar-refractivity contribution in [3.05, 3.63) is 65.7 Å². The third-order valence-corrected chi connectivity index (χ3v) is 6.86. The van der Waals surface area contributed by atoms with Gasteiger partial charge in [0.05, 0.1) is 5.56 Å². The number of halogens is 2. The first-order valence-electron chi connectivity index (χ1n) is 10.9. The van der Waals surface area contributed by atoms with Gasteiger partial charge in [-0.05, 0) is 73.8 Å². The maximum Gasteiger partial charge on any atom is 0.338 e. The summed E-state index contributed by atoms with van der Waals surface area (Å²) in [5, 5.41) is 11.0. The Bertz CT molecular complexity index is 976. The first kappa shape index (κ1) is 22.2. The van der Waals surface area contributed by atoms with Crippen LogP contribution in [-0.4, -0.2) is 23.5 Å². The van der Waals surface area contributed by atoms with Crippen LogP contribution in [0.1, 0.15) is 61.1 Å². The van der Waals surface area contributed by atoms with Crippen LogP contribution in [0.5, 0.6) is 5.75 Å². The highest BCUT2D eigenvalue weighted by molar-refractivity contribution is 5.90. The van der Waals surface area contributed by atoms with Crippen molar-refractivity contribution >= 4 is 11.9 Å². The Labute approximate surface area is 185 Å². The Morgan fingerprint density at radius 2 is 1.81 bits per heavy atom. The summed E-state index contributed by atoms with van der Waals surface area (Å²) in [4.78, 5) is 23.6. The van der Waals surface area contributed by atoms with Gasteiger partial charge in [0.1, 0.15) is 17.3 Å². The number of alkyl halides is 2. The lowest BCUT2D eigenvalue weighted by atomic mass is 9.82. The van der Waals surface area contributed by atoms with E-state index in [-0.39, 0.29) is 16.7 Å². The lowest BCUT2D eigenvalue weighted by Gasteiger charge is -2.37. The molecule has 0 aromatic heterocycles. The zero-order valence-electron chi connectivity index (χ0n) is 17.8. The molecule has 0 saturated heterocycles. The summed E-state index contributed by atoms with van der Waals surface area (Å²) in [5.41, 5.74) is -0.318. The molecule has 2 aromatic carbocycles. The summed E-state index contributed by atoms with van der Waals surface area (Å²) in [6.45, 7) is 2.12. The van der Waals surface area contributed by atoms with Gasteiger partial charge < -0.3 is 19.4 Å². The Balaban J connectivity index is 1.50. The Morgan fingerprint density at radius 3 is 2.34 bits per heavy atom. The molecule has 0 radical (unpaired) electrons. The van der Waals surface area contributed by atoms with Gasteiger partial charge in [0.25, 0.3) is 0 Å². The van der Waals surface area contributed by atoms with Crippen LogP contribution in [0.3, 0.4) is 0 Å². The molecule has 2 bridgehead atoms. The minimum Gasteiger partial charge on any atom is -0.544 e. The minimum absolute atomic E-state index is 0.0194. The molecule has 4 rings (SSSR count). The molecule has 2 fully saturated rings. The number of benzene rings is 2. The molecule has 5 nitrogen and oxygen atoms in total. The predicted molar refractivity (Wildman–Crippen MR) is 110 cm³/mol. The second-order valence-corrected chi connectivity index (χ2v) is 8.73. The molecule has 2 aromatic rings. The van der Waals surface area contributed by atoms with E-state index in [1.807, 2.05) is 0 Å². The van der Waals surface area contributed by atoms with Gasteiger partial charge >= 0.3 is 11.9 Å². The first-order chi connectivity index (χ1) is 15.2. The summed E-state index contributed by atoms with van der Waals surface area (Å²) in [6.07, 6.45) is 3.21. The lowest BCUT2D eigenvalue weighted by molar-refractivity contribution is -0.336. The quantitative estimate of drug-likeness (QED) is 0.568. The van der Waals surface area contributed by atoms with Gasteiger partial charge in [-0.15, -0.1) is 0 Å². The average Bonchev–Trinajstić information content (AvgIpc) is 3.40. The molecule has 7 heteroatoms. The van der Waals surface area contributed by atoms with Gasteiger partial charge in [0, 0.05) is 0 Å². The minimum atomic E-state index is -4.39. The smallest absolute Gasteiger partial charge is 0.338 e. The highest BCUT2D eigenvalue weighted by Gasteiger charge is 2.51. The van der Waals surface area contributed by atoms with Gasteiger partial charge in [0.15, 0.2) is 6.10 Å². The van der Waals surface area contributed by atoms with Crippen molar-refractivity contribution in [1.82, 2.24) is 0 Å². The third-order valence-electron chi connectivity index (χ3n) is 6.86. The molecule has 0 aliphatic heterocycles. The van der Waals surface area contributed by atoms with Gasteiger partial charge in [0.2, 0.25) is 0 Å². The van der Waals surface area contributed by atoms with Crippen LogP contribution in [0.15, 0.2) is 54.6 Å². The number of ether oxygens (including phenoxy) is 2. The van der Waals surface area contributed by atoms with E-state index in [9.17, 15) is 23.5 Å². The molecule has 0 spiro atoms. The van der Waals surface area contributed by atoms with E-state index in [0.29, 0.717) is 17.6 Å². The van der Waals surface area contributed by atoms with Gasteiger partial charge in [-0.2, -0.15) is 8.78 Å². The molecule has 4 unspecified atom stereocenters. The topological polar surface area (TPSA) is 75.7 Å². The van der Waals surface area contributed by atoms with Crippen molar-refractivity contribution in [3.63, 3.8) is 0 Å². The summed E-state index contributed by atoms with van der Waals surface area (Å²) in [5.74, 6) is -6.23. The number of rotatable bonds is 8. The Hall–Kier alpha value is -2.96. The van der Waals surface area contributed by atoms with Gasteiger partial charge in [-0.1, -0.05) is 37.3 Å². The number of hydrogen-bond donors (Lipinski definition) is 0. The fraction of sp³-hybridized carbons (Fsp3) is 0.440. The molecule has 0 heterocycles. The normalized spacial score (nSPS) is 25.3. The van der Waals surface area contributed by atoms with Crippen molar-refractivity contribution in [3.8, 4) is 5.75 Å². The molecule has 4 atom stereocenters. The number of carboxylic acid groups (broad SMARTS) is 1. The molecular weight excluding hydrogens is 418 g/mol. The van der Waals surface area contributed by atoms with Crippen LogP contribution in [0, 0.1) is 11.8 Å². The molecule has 0 N–H and O–H groups in total. The summed E-state index contributed by atoms with van der Waals surface area (Å²) in [7, 11) is 0. The third kappa shape index (κ3) is 4.08. The van der Waals surface area contributed by atoms with E-state index >= 15 is 0 Å². The number of carbonyl (C=O) groups is 2. The number of carboxylic acids is 1. The van der Waals surface area contributed by atoms with Crippen molar-refractivity contribution < 1.29 is 33.0 Å². The number of aliphatic carboxylic acids is 1. The largest absolute Gasteiger partial charge is 0.544 e. The number of esters is 1. The number of hydrogen-bond acceptors (Lipinski definition) is 5. The van der Waals surface area contributed by atoms with E-state index in [1.165, 1.54) is 49.2 Å². The van der Waals surface area contributed by atoms with Crippen LogP contribution in [0.25, 0.3) is 0 Å². The second-order valence-electron chi connectivity index (χ2n) is 8.73. The molecule has 2 aliphatic carbocycles. The Kier molecular flexibility index (Phi) is 5.93. The van der Waals surface area contributed by atoms with Crippen LogP contribution >= 0.6 is 0 Å². The molecule has 0 amide bonds. The van der Waals surface area contributed by atoms with Crippen molar-refractivity contribution in [2.75, 3.05) is 0 Å². The summed E-state index contributed by atoms with van der Waals surface area (Å²) in [6, 6.07) is 13.1. The maximum atomic E-state index is 14.3. The molecule has 2 saturated carbocycles. The molecule has 32 heavy (non-hydrogen) atoms. The van der Waals surface area contributed by atoms with Crippen molar-refractivity contribution in [1.29, 1.82) is 0 Å². The van der Waals surface area contributed by atoms with E-state index in [4.69, 9.17) is 9.47 Å². The van der Waals surface area contributed by atoms with Crippen molar-refractivity contribution in [2.45, 2.75) is 56.7 Å². The first-order valence-corrected chi connectivity index (χ1v) is 10.9. The fourth-order valence-electron chi connectivity index (χ4n) is 5.18. The van der Waals surface area contributed by atoms with Crippen LogP contribution < -0.4 is 9.84 Å². The van der Waals surface area contributed by atoms with E-state index < -0.39 is 24.0 Å². The highest BCUT2D eigenvalue weighted by Crippen LogP contribution is 2.54. The lowest BCUT2D eigenvalue weighted by Crippen LogP contribution is -2.47. The monoisotopic (exact) mass is 443 g/mol. The van der Waals surface area contributed by atoms with Gasteiger partial charge in [-0.25, -0.2) is 4.79 Å². The zero-order chi connectivity index (χ0) is 22.9. The standard InChI is InChI=1S/C25H26F2O5/c1-2-24(15-16-8-11-19(24)14-16)32-20-12-9-18(10-13-20)22(28)31-21(25(26,27)23(29)30)17-6-4-3-5-7-17/h3-7,9-10,12-13,16,19,21H,2,8,11,14-15H2,1H3,(H,29,30)/p-1. The Morgan fingerprint density at radius 1 is 1.12 bits per heavy atom. The van der Waals surface area contributed by atoms with E-state index in [1.54, 1.807) is 18.2 Å². The van der Waals surface area contributed by atoms with Crippen molar-refractivity contribution in [2.24, 2.45) is 11.8 Å². The van der Waals surface area contributed by atoms with E-state index in [2.05, 4.69) is 6.92 Å². The number of fused-ring (bicyclic) bond motifs is 2. The molecule has 170 valence electrons. The van der Waals surface area contributed by atoms with E-state index in [0.717, 1.165) is 19.3 Å². The second kappa shape index (κ2) is 8.52. The van der Waals surface area contributed by atoms with Crippen LogP contribution in [0.4, 0.5) is 8.78 Å². The molecule has 2 aliphatic rings. The predicted octanol–water partition coefficient (Wildman–Crippen LogP) is 4.32. The van der Waals surface area contributed by atoms with Crippen LogP contribution in [0.2, 0.25) is 0 Å². The summed E-state index contributed by atoms with van der Waals surface area (Å²) >= 11 is 0. The SMILES string of the molecule is CCC1(Oc2ccc(C(=O)OC(c3ccccc3)C(F)(F)C(=O)[O-])cc2)CC2CCC1C2. The molecular formula is C25H25F2O5-. The fourth-order valence-corrected chi connectivity index (χ4v) is 5.18. The maximum absolute atomic E-state index is 14.3. The zero-order valence-corrected chi connectivity index (χ0v) is 17.8. The van der Waals surface area contributed by atoms with Gasteiger partial charge in [-0.3, -0.25) is 0 Å².